The van der Waals surface area contributed by atoms with Crippen molar-refractivity contribution < 1.29 is 9.59 Å². The minimum absolute atomic E-state index is 0.296. The Balaban J connectivity index is 1.81. The zero-order chi connectivity index (χ0) is 23.0. The van der Waals surface area contributed by atoms with Gasteiger partial charge in [-0.05, 0) is 67.8 Å². The number of benzene rings is 3. The Hall–Kier alpha value is -3.86. The molecule has 5 nitrogen and oxygen atoms in total. The Kier molecular flexibility index (Phi) is 5.57. The van der Waals surface area contributed by atoms with Crippen LogP contribution in [0.5, 0.6) is 0 Å². The zero-order valence-corrected chi connectivity index (χ0v) is 19.1. The van der Waals surface area contributed by atoms with Crippen molar-refractivity contribution in [1.82, 2.24) is 0 Å². The van der Waals surface area contributed by atoms with Gasteiger partial charge in [0, 0.05) is 25.5 Å². The number of carbonyl (C=O) groups is 2. The van der Waals surface area contributed by atoms with Crippen LogP contribution in [-0.4, -0.2) is 25.9 Å². The molecule has 0 unspecified atom stereocenters. The Bertz CT molecular complexity index is 1220. The summed E-state index contributed by atoms with van der Waals surface area (Å²) in [6.45, 7) is 5.97. The number of carbonyl (C=O) groups excluding carboxylic acids is 2. The molecule has 5 heteroatoms. The highest BCUT2D eigenvalue weighted by Gasteiger charge is 2.40. The van der Waals surface area contributed by atoms with E-state index in [0.29, 0.717) is 22.5 Å². The lowest BCUT2D eigenvalue weighted by Gasteiger charge is -2.18. The van der Waals surface area contributed by atoms with Gasteiger partial charge in [-0.1, -0.05) is 42.0 Å². The van der Waals surface area contributed by atoms with E-state index in [1.165, 1.54) is 4.90 Å². The smallest absolute Gasteiger partial charge is 0.282 e. The van der Waals surface area contributed by atoms with Crippen molar-refractivity contribution in [3.05, 3.63) is 94.7 Å². The number of hydrogen-bond acceptors (Lipinski definition) is 4. The highest BCUT2D eigenvalue weighted by atomic mass is 16.2. The number of imide groups is 1. The molecule has 1 aliphatic rings. The van der Waals surface area contributed by atoms with Gasteiger partial charge in [-0.2, -0.15) is 0 Å². The van der Waals surface area contributed by atoms with E-state index in [1.54, 1.807) is 12.1 Å². The van der Waals surface area contributed by atoms with E-state index in [4.69, 9.17) is 0 Å². The van der Waals surface area contributed by atoms with Crippen LogP contribution in [0.1, 0.15) is 22.3 Å². The monoisotopic (exact) mass is 425 g/mol. The van der Waals surface area contributed by atoms with Gasteiger partial charge in [0.1, 0.15) is 5.70 Å². The predicted molar refractivity (Wildman–Crippen MR) is 131 cm³/mol. The van der Waals surface area contributed by atoms with E-state index >= 15 is 0 Å². The molecule has 1 heterocycles. The van der Waals surface area contributed by atoms with E-state index in [-0.39, 0.29) is 11.8 Å². The third-order valence-electron chi connectivity index (χ3n) is 5.70. The predicted octanol–water partition coefficient (Wildman–Crippen LogP) is 5.07. The van der Waals surface area contributed by atoms with Crippen molar-refractivity contribution in [3.63, 3.8) is 0 Å². The van der Waals surface area contributed by atoms with Crippen LogP contribution < -0.4 is 15.1 Å². The standard InChI is InChI=1S/C27H27N3O2/c1-17-7-10-20(11-8-17)24-25(28-23-16-18(2)6-9-19(23)3)27(32)30(26(24)31)22-14-12-21(13-15-22)29(4)5/h6-16,28H,1-5H3. The first-order chi connectivity index (χ1) is 15.3. The molecule has 0 saturated carbocycles. The number of aryl methyl sites for hydroxylation is 3. The lowest BCUT2D eigenvalue weighted by molar-refractivity contribution is -0.120. The van der Waals surface area contributed by atoms with Gasteiger partial charge < -0.3 is 10.2 Å². The first-order valence-corrected chi connectivity index (χ1v) is 10.6. The van der Waals surface area contributed by atoms with Crippen LogP contribution in [0.15, 0.2) is 72.4 Å². The van der Waals surface area contributed by atoms with Crippen LogP contribution in [0.3, 0.4) is 0 Å². The summed E-state index contributed by atoms with van der Waals surface area (Å²) >= 11 is 0. The summed E-state index contributed by atoms with van der Waals surface area (Å²) in [5.74, 6) is -0.687. The maximum atomic E-state index is 13.6. The number of nitrogens with one attached hydrogen (secondary N) is 1. The Morgan fingerprint density at radius 3 is 2.00 bits per heavy atom. The fraction of sp³-hybridized carbons (Fsp3) is 0.185. The summed E-state index contributed by atoms with van der Waals surface area (Å²) in [5, 5.41) is 3.28. The van der Waals surface area contributed by atoms with Gasteiger partial charge in [0.15, 0.2) is 0 Å². The fourth-order valence-electron chi connectivity index (χ4n) is 3.77. The van der Waals surface area contributed by atoms with E-state index in [1.807, 2.05) is 94.4 Å². The average molecular weight is 426 g/mol. The molecule has 0 bridgehead atoms. The van der Waals surface area contributed by atoms with Crippen LogP contribution in [-0.2, 0) is 9.59 Å². The summed E-state index contributed by atoms with van der Waals surface area (Å²) in [7, 11) is 3.90. The number of rotatable bonds is 5. The maximum Gasteiger partial charge on any atom is 0.282 e. The molecule has 3 aromatic rings. The van der Waals surface area contributed by atoms with Crippen LogP contribution in [0.4, 0.5) is 17.1 Å². The summed E-state index contributed by atoms with van der Waals surface area (Å²) in [6, 6.07) is 21.1. The quantitative estimate of drug-likeness (QED) is 0.580. The molecular formula is C27H27N3O2. The van der Waals surface area contributed by atoms with E-state index in [9.17, 15) is 9.59 Å². The summed E-state index contributed by atoms with van der Waals surface area (Å²) in [4.78, 5) is 30.4. The van der Waals surface area contributed by atoms with Crippen molar-refractivity contribution in [2.45, 2.75) is 20.8 Å². The Morgan fingerprint density at radius 1 is 0.750 bits per heavy atom. The first kappa shape index (κ1) is 21.4. The van der Waals surface area contributed by atoms with Crippen LogP contribution >= 0.6 is 0 Å². The average Bonchev–Trinajstić information content (AvgIpc) is 3.01. The molecule has 2 amide bonds. The molecule has 32 heavy (non-hydrogen) atoms. The lowest BCUT2D eigenvalue weighted by atomic mass is 10.0. The highest BCUT2D eigenvalue weighted by molar-refractivity contribution is 6.46. The molecule has 0 saturated heterocycles. The van der Waals surface area contributed by atoms with Crippen molar-refractivity contribution in [2.24, 2.45) is 0 Å². The lowest BCUT2D eigenvalue weighted by Crippen LogP contribution is -2.32. The molecule has 1 aliphatic heterocycles. The topological polar surface area (TPSA) is 52.7 Å². The third kappa shape index (κ3) is 3.89. The molecule has 162 valence electrons. The number of hydrogen-bond donors (Lipinski definition) is 1. The molecule has 3 aromatic carbocycles. The SMILES string of the molecule is Cc1ccc(C2=C(Nc3cc(C)ccc3C)C(=O)N(c3ccc(N(C)C)cc3)C2=O)cc1. The highest BCUT2D eigenvalue weighted by Crippen LogP contribution is 2.35. The normalized spacial score (nSPS) is 13.7. The second kappa shape index (κ2) is 8.35. The van der Waals surface area contributed by atoms with E-state index in [2.05, 4.69) is 5.32 Å². The van der Waals surface area contributed by atoms with Gasteiger partial charge in [-0.15, -0.1) is 0 Å². The van der Waals surface area contributed by atoms with Crippen LogP contribution in [0.2, 0.25) is 0 Å². The maximum absolute atomic E-state index is 13.6. The van der Waals surface area contributed by atoms with Gasteiger partial charge in [0.25, 0.3) is 11.8 Å². The zero-order valence-electron chi connectivity index (χ0n) is 19.1. The number of nitrogens with zero attached hydrogens (tertiary/aromatic N) is 2. The van der Waals surface area contributed by atoms with Crippen molar-refractivity contribution in [2.75, 3.05) is 29.2 Å². The van der Waals surface area contributed by atoms with Gasteiger partial charge in [0.2, 0.25) is 0 Å². The largest absolute Gasteiger partial charge is 0.378 e. The Labute approximate surface area is 189 Å². The second-order valence-electron chi connectivity index (χ2n) is 8.42. The second-order valence-corrected chi connectivity index (χ2v) is 8.42. The van der Waals surface area contributed by atoms with Gasteiger partial charge in [0.05, 0.1) is 11.3 Å². The minimum Gasteiger partial charge on any atom is -0.378 e. The molecule has 4 rings (SSSR count). The number of anilines is 3. The molecule has 0 aromatic heterocycles. The molecule has 0 radical (unpaired) electrons. The molecule has 0 atom stereocenters. The first-order valence-electron chi connectivity index (χ1n) is 10.6. The molecule has 0 fully saturated rings. The molecule has 1 N–H and O–H groups in total. The molecular weight excluding hydrogens is 398 g/mol. The minimum atomic E-state index is -0.357. The van der Waals surface area contributed by atoms with Crippen LogP contribution in [0, 0.1) is 20.8 Å². The van der Waals surface area contributed by atoms with Crippen molar-refractivity contribution in [3.8, 4) is 0 Å². The van der Waals surface area contributed by atoms with E-state index < -0.39 is 0 Å². The van der Waals surface area contributed by atoms with Crippen molar-refractivity contribution in [1.29, 1.82) is 0 Å². The third-order valence-corrected chi connectivity index (χ3v) is 5.70. The molecule has 0 aliphatic carbocycles. The van der Waals surface area contributed by atoms with Gasteiger partial charge >= 0.3 is 0 Å². The van der Waals surface area contributed by atoms with Gasteiger partial charge in [-0.3, -0.25) is 9.59 Å². The Morgan fingerprint density at radius 2 is 1.38 bits per heavy atom. The van der Waals surface area contributed by atoms with Crippen molar-refractivity contribution >= 4 is 34.4 Å². The fourth-order valence-corrected chi connectivity index (χ4v) is 3.77. The summed E-state index contributed by atoms with van der Waals surface area (Å²) < 4.78 is 0. The van der Waals surface area contributed by atoms with Gasteiger partial charge in [-0.25, -0.2) is 4.90 Å². The molecule has 0 spiro atoms. The van der Waals surface area contributed by atoms with E-state index in [0.717, 1.165) is 28.1 Å². The summed E-state index contributed by atoms with van der Waals surface area (Å²) in [6.07, 6.45) is 0. The summed E-state index contributed by atoms with van der Waals surface area (Å²) in [5.41, 5.74) is 6.91. The number of amides is 2. The van der Waals surface area contributed by atoms with Crippen LogP contribution in [0.25, 0.3) is 5.57 Å².